The molecule has 2 saturated heterocycles. The average molecular weight is 198 g/mol. The van der Waals surface area contributed by atoms with E-state index < -0.39 is 5.97 Å². The average Bonchev–Trinajstić information content (AvgIpc) is 2.58. The predicted molar refractivity (Wildman–Crippen MR) is 53.2 cm³/mol. The maximum Gasteiger partial charge on any atom is 0.317 e. The Bertz CT molecular complexity index is 214. The number of carboxylic acids is 1. The molecule has 0 unspecified atom stereocenters. The highest BCUT2D eigenvalue weighted by Gasteiger charge is 2.37. The Kier molecular flexibility index (Phi) is 2.74. The summed E-state index contributed by atoms with van der Waals surface area (Å²) in [6.45, 7) is 4.39. The van der Waals surface area contributed by atoms with Gasteiger partial charge in [0.1, 0.15) is 0 Å². The molecule has 2 rings (SSSR count). The van der Waals surface area contributed by atoms with Crippen LogP contribution in [-0.2, 0) is 4.79 Å². The van der Waals surface area contributed by atoms with Crippen molar-refractivity contribution in [3.05, 3.63) is 0 Å². The molecule has 0 aromatic heterocycles. The van der Waals surface area contributed by atoms with Crippen molar-refractivity contribution in [1.29, 1.82) is 0 Å². The maximum atomic E-state index is 10.5. The van der Waals surface area contributed by atoms with Crippen LogP contribution in [0.15, 0.2) is 0 Å². The van der Waals surface area contributed by atoms with E-state index in [1.54, 1.807) is 0 Å². The van der Waals surface area contributed by atoms with Gasteiger partial charge in [0.25, 0.3) is 0 Å². The zero-order chi connectivity index (χ0) is 10.0. The first-order valence-corrected chi connectivity index (χ1v) is 5.35. The Morgan fingerprint density at radius 1 is 1.36 bits per heavy atom. The van der Waals surface area contributed by atoms with E-state index in [-0.39, 0.29) is 6.54 Å². The van der Waals surface area contributed by atoms with Gasteiger partial charge in [-0.1, -0.05) is 0 Å². The zero-order valence-corrected chi connectivity index (χ0v) is 8.46. The molecule has 2 fully saturated rings. The van der Waals surface area contributed by atoms with Crippen LogP contribution in [0.3, 0.4) is 0 Å². The molecule has 0 atom stereocenters. The van der Waals surface area contributed by atoms with Gasteiger partial charge in [-0.25, -0.2) is 0 Å². The van der Waals surface area contributed by atoms with Crippen LogP contribution >= 0.6 is 0 Å². The molecule has 0 radical (unpaired) electrons. The summed E-state index contributed by atoms with van der Waals surface area (Å²) in [6, 6.07) is 0. The van der Waals surface area contributed by atoms with Gasteiger partial charge in [-0.05, 0) is 44.3 Å². The Labute approximate surface area is 84.3 Å². The molecule has 0 aromatic rings. The van der Waals surface area contributed by atoms with Crippen LogP contribution in [-0.4, -0.2) is 48.7 Å². The van der Waals surface area contributed by atoms with Gasteiger partial charge in [0, 0.05) is 6.54 Å². The molecule has 2 aliphatic rings. The first kappa shape index (κ1) is 9.93. The van der Waals surface area contributed by atoms with Crippen molar-refractivity contribution in [3.8, 4) is 0 Å². The summed E-state index contributed by atoms with van der Waals surface area (Å²) < 4.78 is 0. The topological polar surface area (TPSA) is 52.6 Å². The molecule has 80 valence electrons. The van der Waals surface area contributed by atoms with Gasteiger partial charge >= 0.3 is 5.97 Å². The molecule has 0 saturated carbocycles. The first-order chi connectivity index (χ1) is 6.70. The lowest BCUT2D eigenvalue weighted by atomic mass is 9.78. The highest BCUT2D eigenvalue weighted by atomic mass is 16.4. The van der Waals surface area contributed by atoms with Crippen molar-refractivity contribution in [1.82, 2.24) is 10.2 Å². The van der Waals surface area contributed by atoms with Crippen molar-refractivity contribution >= 4 is 5.97 Å². The highest BCUT2D eigenvalue weighted by molar-refractivity contribution is 5.69. The molecule has 0 amide bonds. The first-order valence-electron chi connectivity index (χ1n) is 5.35. The summed E-state index contributed by atoms with van der Waals surface area (Å²) >= 11 is 0. The zero-order valence-electron chi connectivity index (χ0n) is 8.46. The number of carbonyl (C=O) groups is 1. The van der Waals surface area contributed by atoms with E-state index in [0.717, 1.165) is 39.0 Å². The summed E-state index contributed by atoms with van der Waals surface area (Å²) in [5.74, 6) is -0.703. The van der Waals surface area contributed by atoms with Crippen molar-refractivity contribution in [2.45, 2.75) is 19.3 Å². The standard InChI is InChI=1S/C10H18N2O2/c13-9(14)7-12-5-2-10(3-6-12)1-4-11-8-10/h11H,1-8H2,(H,13,14). The normalized spacial score (nSPS) is 26.9. The van der Waals surface area contributed by atoms with Gasteiger partial charge in [-0.3, -0.25) is 9.69 Å². The van der Waals surface area contributed by atoms with Crippen LogP contribution in [0, 0.1) is 5.41 Å². The minimum absolute atomic E-state index is 0.212. The monoisotopic (exact) mass is 198 g/mol. The van der Waals surface area contributed by atoms with Gasteiger partial charge in [0.15, 0.2) is 0 Å². The summed E-state index contributed by atoms with van der Waals surface area (Å²) in [7, 11) is 0. The third-order valence-electron chi connectivity index (χ3n) is 3.61. The van der Waals surface area contributed by atoms with Crippen LogP contribution in [0.1, 0.15) is 19.3 Å². The predicted octanol–water partition coefficient (Wildman–Crippen LogP) is 0.146. The van der Waals surface area contributed by atoms with Crippen molar-refractivity contribution in [3.63, 3.8) is 0 Å². The second-order valence-corrected chi connectivity index (χ2v) is 4.60. The van der Waals surface area contributed by atoms with E-state index in [2.05, 4.69) is 5.32 Å². The quantitative estimate of drug-likeness (QED) is 0.663. The Balaban J connectivity index is 1.82. The van der Waals surface area contributed by atoms with E-state index in [1.807, 2.05) is 4.90 Å². The SMILES string of the molecule is O=C(O)CN1CCC2(CCNC2)CC1. The second kappa shape index (κ2) is 3.87. The molecule has 0 aromatic carbocycles. The van der Waals surface area contributed by atoms with Gasteiger partial charge in [0.2, 0.25) is 0 Å². The molecule has 14 heavy (non-hydrogen) atoms. The van der Waals surface area contributed by atoms with E-state index in [4.69, 9.17) is 5.11 Å². The molecule has 4 nitrogen and oxygen atoms in total. The van der Waals surface area contributed by atoms with E-state index in [0.29, 0.717) is 5.41 Å². The Hall–Kier alpha value is -0.610. The van der Waals surface area contributed by atoms with Gasteiger partial charge < -0.3 is 10.4 Å². The molecule has 2 heterocycles. The van der Waals surface area contributed by atoms with Crippen LogP contribution in [0.25, 0.3) is 0 Å². The Morgan fingerprint density at radius 2 is 2.07 bits per heavy atom. The van der Waals surface area contributed by atoms with Gasteiger partial charge in [-0.2, -0.15) is 0 Å². The summed E-state index contributed by atoms with van der Waals surface area (Å²) in [4.78, 5) is 12.6. The minimum atomic E-state index is -0.703. The number of piperidine rings is 1. The molecule has 1 spiro atoms. The number of nitrogens with zero attached hydrogens (tertiary/aromatic N) is 1. The van der Waals surface area contributed by atoms with E-state index >= 15 is 0 Å². The molecule has 2 aliphatic heterocycles. The highest BCUT2D eigenvalue weighted by Crippen LogP contribution is 2.36. The number of hydrogen-bond donors (Lipinski definition) is 2. The van der Waals surface area contributed by atoms with Crippen LogP contribution in [0.2, 0.25) is 0 Å². The Morgan fingerprint density at radius 3 is 2.57 bits per heavy atom. The van der Waals surface area contributed by atoms with Crippen molar-refractivity contribution in [2.24, 2.45) is 5.41 Å². The number of carboxylic acid groups (broad SMARTS) is 1. The molecule has 2 N–H and O–H groups in total. The summed E-state index contributed by atoms with van der Waals surface area (Å²) in [6.07, 6.45) is 3.59. The molecule has 0 aliphatic carbocycles. The van der Waals surface area contributed by atoms with Crippen LogP contribution in [0.4, 0.5) is 0 Å². The lowest BCUT2D eigenvalue weighted by Crippen LogP contribution is -2.43. The van der Waals surface area contributed by atoms with Crippen LogP contribution < -0.4 is 5.32 Å². The molecular weight excluding hydrogens is 180 g/mol. The van der Waals surface area contributed by atoms with E-state index in [9.17, 15) is 4.79 Å². The third-order valence-corrected chi connectivity index (χ3v) is 3.61. The van der Waals surface area contributed by atoms with Gasteiger partial charge in [0.05, 0.1) is 6.54 Å². The minimum Gasteiger partial charge on any atom is -0.480 e. The van der Waals surface area contributed by atoms with E-state index in [1.165, 1.54) is 6.42 Å². The molecular formula is C10H18N2O2. The number of hydrogen-bond acceptors (Lipinski definition) is 3. The summed E-state index contributed by atoms with van der Waals surface area (Å²) in [5.41, 5.74) is 0.495. The fraction of sp³-hybridized carbons (Fsp3) is 0.900. The fourth-order valence-electron chi connectivity index (χ4n) is 2.60. The number of likely N-dealkylation sites (tertiary alicyclic amines) is 1. The number of rotatable bonds is 2. The van der Waals surface area contributed by atoms with Crippen molar-refractivity contribution in [2.75, 3.05) is 32.7 Å². The maximum absolute atomic E-state index is 10.5. The largest absolute Gasteiger partial charge is 0.480 e. The fourth-order valence-corrected chi connectivity index (χ4v) is 2.60. The lowest BCUT2D eigenvalue weighted by molar-refractivity contribution is -0.138. The third kappa shape index (κ3) is 2.07. The van der Waals surface area contributed by atoms with Crippen LogP contribution in [0.5, 0.6) is 0 Å². The number of aliphatic carboxylic acids is 1. The number of nitrogens with one attached hydrogen (secondary N) is 1. The lowest BCUT2D eigenvalue weighted by Gasteiger charge is -2.38. The smallest absolute Gasteiger partial charge is 0.317 e. The molecule has 4 heteroatoms. The van der Waals surface area contributed by atoms with Gasteiger partial charge in [-0.15, -0.1) is 0 Å². The van der Waals surface area contributed by atoms with Crippen molar-refractivity contribution < 1.29 is 9.90 Å². The summed E-state index contributed by atoms with van der Waals surface area (Å²) in [5, 5.41) is 12.1. The molecule has 0 bridgehead atoms. The second-order valence-electron chi connectivity index (χ2n) is 4.60.